The van der Waals surface area contributed by atoms with E-state index >= 15 is 0 Å². The number of hydrogen-bond acceptors (Lipinski definition) is 6. The van der Waals surface area contributed by atoms with Gasteiger partial charge in [0.1, 0.15) is 0 Å². The molecule has 2 N–H and O–H groups in total. The number of rotatable bonds is 7. The molecule has 0 unspecified atom stereocenters. The van der Waals surface area contributed by atoms with Crippen LogP contribution in [0.25, 0.3) is 22.6 Å². The lowest BCUT2D eigenvalue weighted by molar-refractivity contribution is -0.113. The summed E-state index contributed by atoms with van der Waals surface area (Å²) in [4.78, 5) is 21.2. The number of carbonyl (C=O) groups excluding carboxylic acids is 1. The molecule has 8 heteroatoms. The van der Waals surface area contributed by atoms with E-state index in [1.165, 1.54) is 28.7 Å². The molecule has 0 radical (unpaired) electrons. The van der Waals surface area contributed by atoms with Crippen LogP contribution in [-0.4, -0.2) is 31.8 Å². The summed E-state index contributed by atoms with van der Waals surface area (Å²) < 4.78 is 0. The molecular weight excluding hydrogens is 402 g/mol. The molecule has 4 aromatic rings. The van der Waals surface area contributed by atoms with Crippen LogP contribution >= 0.6 is 23.1 Å². The van der Waals surface area contributed by atoms with E-state index in [-0.39, 0.29) is 11.7 Å². The van der Waals surface area contributed by atoms with E-state index in [1.54, 1.807) is 0 Å². The molecule has 4 rings (SSSR count). The SMILES string of the molecule is CCc1ccc(-c2nc(SCC(=O)Nc3nc(-c4ccccc4)cs3)n[nH]2)cc1. The van der Waals surface area contributed by atoms with Gasteiger partial charge in [-0.05, 0) is 12.0 Å². The first-order chi connectivity index (χ1) is 14.2. The molecule has 0 saturated carbocycles. The predicted molar refractivity (Wildman–Crippen MR) is 118 cm³/mol. The number of aromatic amines is 1. The molecule has 2 aromatic heterocycles. The average molecular weight is 422 g/mol. The second-order valence-electron chi connectivity index (χ2n) is 6.26. The smallest absolute Gasteiger partial charge is 0.236 e. The van der Waals surface area contributed by atoms with Crippen molar-refractivity contribution in [1.29, 1.82) is 0 Å². The van der Waals surface area contributed by atoms with Crippen LogP contribution in [0.4, 0.5) is 5.13 Å². The first kappa shape index (κ1) is 19.4. The molecule has 1 amide bonds. The number of benzene rings is 2. The van der Waals surface area contributed by atoms with Gasteiger partial charge in [-0.2, -0.15) is 0 Å². The Morgan fingerprint density at radius 3 is 2.62 bits per heavy atom. The van der Waals surface area contributed by atoms with Crippen LogP contribution in [0.3, 0.4) is 0 Å². The van der Waals surface area contributed by atoms with Crippen LogP contribution in [0.1, 0.15) is 12.5 Å². The van der Waals surface area contributed by atoms with Crippen molar-refractivity contribution < 1.29 is 4.79 Å². The van der Waals surface area contributed by atoms with Crippen LogP contribution in [0.2, 0.25) is 0 Å². The van der Waals surface area contributed by atoms with E-state index in [0.717, 1.165) is 23.2 Å². The fraction of sp³-hybridized carbons (Fsp3) is 0.143. The number of nitrogens with zero attached hydrogens (tertiary/aromatic N) is 3. The van der Waals surface area contributed by atoms with Gasteiger partial charge in [0.2, 0.25) is 11.1 Å². The number of thioether (sulfide) groups is 1. The zero-order valence-corrected chi connectivity index (χ0v) is 17.4. The Labute approximate surface area is 176 Å². The fourth-order valence-corrected chi connectivity index (χ4v) is 4.03. The van der Waals surface area contributed by atoms with Crippen LogP contribution < -0.4 is 5.32 Å². The summed E-state index contributed by atoms with van der Waals surface area (Å²) in [6.45, 7) is 2.12. The van der Waals surface area contributed by atoms with Gasteiger partial charge in [0.25, 0.3) is 0 Å². The minimum atomic E-state index is -0.136. The highest BCUT2D eigenvalue weighted by molar-refractivity contribution is 7.99. The van der Waals surface area contributed by atoms with E-state index in [4.69, 9.17) is 0 Å². The summed E-state index contributed by atoms with van der Waals surface area (Å²) in [5.74, 6) is 0.775. The lowest BCUT2D eigenvalue weighted by atomic mass is 10.1. The van der Waals surface area contributed by atoms with E-state index in [2.05, 4.69) is 44.5 Å². The number of aromatic nitrogens is 4. The normalized spacial score (nSPS) is 10.8. The van der Waals surface area contributed by atoms with Crippen molar-refractivity contribution in [2.45, 2.75) is 18.5 Å². The minimum absolute atomic E-state index is 0.136. The van der Waals surface area contributed by atoms with E-state index in [1.807, 2.05) is 47.8 Å². The van der Waals surface area contributed by atoms with Gasteiger partial charge in [0.05, 0.1) is 11.4 Å². The first-order valence-electron chi connectivity index (χ1n) is 9.16. The number of aryl methyl sites for hydroxylation is 1. The average Bonchev–Trinajstić information content (AvgIpc) is 3.43. The van der Waals surface area contributed by atoms with Crippen molar-refractivity contribution in [3.05, 3.63) is 65.5 Å². The Kier molecular flexibility index (Phi) is 6.02. The maximum absolute atomic E-state index is 12.2. The zero-order chi connectivity index (χ0) is 20.1. The molecule has 0 bridgehead atoms. The molecule has 2 aromatic carbocycles. The molecule has 0 spiro atoms. The molecule has 29 heavy (non-hydrogen) atoms. The summed E-state index contributed by atoms with van der Waals surface area (Å²) in [7, 11) is 0. The summed E-state index contributed by atoms with van der Waals surface area (Å²) in [5, 5.41) is 13.0. The van der Waals surface area contributed by atoms with Gasteiger partial charge in [-0.3, -0.25) is 9.89 Å². The van der Waals surface area contributed by atoms with Crippen molar-refractivity contribution in [3.63, 3.8) is 0 Å². The van der Waals surface area contributed by atoms with E-state index in [0.29, 0.717) is 16.1 Å². The Balaban J connectivity index is 1.32. The third kappa shape index (κ3) is 4.90. The van der Waals surface area contributed by atoms with Gasteiger partial charge in [-0.1, -0.05) is 73.3 Å². The lowest BCUT2D eigenvalue weighted by Gasteiger charge is -2.00. The zero-order valence-electron chi connectivity index (χ0n) is 15.8. The molecule has 0 fully saturated rings. The second kappa shape index (κ2) is 9.02. The Morgan fingerprint density at radius 1 is 1.07 bits per heavy atom. The van der Waals surface area contributed by atoms with Crippen LogP contribution in [0.5, 0.6) is 0 Å². The van der Waals surface area contributed by atoms with Gasteiger partial charge in [0.15, 0.2) is 11.0 Å². The molecule has 0 aliphatic carbocycles. The van der Waals surface area contributed by atoms with Gasteiger partial charge >= 0.3 is 0 Å². The second-order valence-corrected chi connectivity index (χ2v) is 8.06. The summed E-state index contributed by atoms with van der Waals surface area (Å²) in [6, 6.07) is 18.1. The number of nitrogens with one attached hydrogen (secondary N) is 2. The number of thiazole rings is 1. The van der Waals surface area contributed by atoms with Gasteiger partial charge in [0, 0.05) is 16.5 Å². The Bertz CT molecular complexity index is 1090. The third-order valence-corrected chi connectivity index (χ3v) is 5.86. The van der Waals surface area contributed by atoms with Gasteiger partial charge in [-0.25, -0.2) is 9.97 Å². The maximum Gasteiger partial charge on any atom is 0.236 e. The number of H-pyrrole nitrogens is 1. The number of carbonyl (C=O) groups is 1. The highest BCUT2D eigenvalue weighted by Gasteiger charge is 2.11. The van der Waals surface area contributed by atoms with Gasteiger partial charge in [-0.15, -0.1) is 16.4 Å². The fourth-order valence-electron chi connectivity index (χ4n) is 2.70. The number of amides is 1. The van der Waals surface area contributed by atoms with Crippen molar-refractivity contribution >= 4 is 34.1 Å². The monoisotopic (exact) mass is 421 g/mol. The molecule has 0 aliphatic rings. The maximum atomic E-state index is 12.2. The first-order valence-corrected chi connectivity index (χ1v) is 11.0. The summed E-state index contributed by atoms with van der Waals surface area (Å²) >= 11 is 2.69. The molecular formula is C21H19N5OS2. The number of anilines is 1. The molecule has 2 heterocycles. The van der Waals surface area contributed by atoms with Crippen molar-refractivity contribution in [3.8, 4) is 22.6 Å². The largest absolute Gasteiger partial charge is 0.301 e. The van der Waals surface area contributed by atoms with Gasteiger partial charge < -0.3 is 5.32 Å². The lowest BCUT2D eigenvalue weighted by Crippen LogP contribution is -2.13. The highest BCUT2D eigenvalue weighted by Crippen LogP contribution is 2.25. The number of hydrogen-bond donors (Lipinski definition) is 2. The van der Waals surface area contributed by atoms with Crippen molar-refractivity contribution in [1.82, 2.24) is 20.2 Å². The van der Waals surface area contributed by atoms with Crippen molar-refractivity contribution in [2.75, 3.05) is 11.1 Å². The molecule has 146 valence electrons. The van der Waals surface area contributed by atoms with E-state index < -0.39 is 0 Å². The summed E-state index contributed by atoms with van der Waals surface area (Å²) in [6.07, 6.45) is 0.999. The van der Waals surface area contributed by atoms with E-state index in [9.17, 15) is 4.79 Å². The predicted octanol–water partition coefficient (Wildman–Crippen LogP) is 4.89. The summed E-state index contributed by atoms with van der Waals surface area (Å²) in [5.41, 5.74) is 4.13. The standard InChI is InChI=1S/C21H19N5OS2/c1-2-14-8-10-16(11-9-14)19-24-21(26-25-19)29-13-18(27)23-20-22-17(12-28-20)15-6-4-3-5-7-15/h3-12H,2,13H2,1H3,(H,22,23,27)(H,24,25,26). The molecule has 0 aliphatic heterocycles. The highest BCUT2D eigenvalue weighted by atomic mass is 32.2. The minimum Gasteiger partial charge on any atom is -0.301 e. The molecule has 0 atom stereocenters. The topological polar surface area (TPSA) is 83.6 Å². The molecule has 0 saturated heterocycles. The third-order valence-electron chi connectivity index (χ3n) is 4.25. The Morgan fingerprint density at radius 2 is 1.86 bits per heavy atom. The Hall–Kier alpha value is -2.97. The van der Waals surface area contributed by atoms with Crippen LogP contribution in [0.15, 0.2) is 65.1 Å². The van der Waals surface area contributed by atoms with Crippen LogP contribution in [-0.2, 0) is 11.2 Å². The quantitative estimate of drug-likeness (QED) is 0.415. The van der Waals surface area contributed by atoms with Crippen molar-refractivity contribution in [2.24, 2.45) is 0 Å². The molecule has 6 nitrogen and oxygen atoms in total. The van der Waals surface area contributed by atoms with Crippen LogP contribution in [0, 0.1) is 0 Å².